The third-order valence-corrected chi connectivity index (χ3v) is 4.82. The summed E-state index contributed by atoms with van der Waals surface area (Å²) in [7, 11) is 0. The van der Waals surface area contributed by atoms with Crippen molar-refractivity contribution in [1.29, 1.82) is 0 Å². The summed E-state index contributed by atoms with van der Waals surface area (Å²) in [6.45, 7) is 8.69. The van der Waals surface area contributed by atoms with Gasteiger partial charge < -0.3 is 9.80 Å². The molecule has 0 spiro atoms. The number of nitrogens with one attached hydrogen (secondary N) is 1. The van der Waals surface area contributed by atoms with Gasteiger partial charge >= 0.3 is 0 Å². The molecule has 1 N–H and O–H groups in total. The maximum Gasteiger partial charge on any atom is 0.267 e. The van der Waals surface area contributed by atoms with Gasteiger partial charge in [-0.1, -0.05) is 29.8 Å². The van der Waals surface area contributed by atoms with Gasteiger partial charge in [-0.05, 0) is 19.9 Å². The van der Waals surface area contributed by atoms with Crippen molar-refractivity contribution >= 4 is 5.91 Å². The van der Waals surface area contributed by atoms with Crippen LogP contribution in [0, 0.1) is 6.92 Å². The minimum atomic E-state index is -0.248. The molecule has 3 rings (SSSR count). The third-order valence-electron chi connectivity index (χ3n) is 4.82. The van der Waals surface area contributed by atoms with Crippen molar-refractivity contribution in [3.05, 3.63) is 52.3 Å². The number of quaternary nitrogens is 1. The molecule has 1 aliphatic heterocycles. The van der Waals surface area contributed by atoms with Gasteiger partial charge in [0.15, 0.2) is 0 Å². The fourth-order valence-electron chi connectivity index (χ4n) is 3.09. The van der Waals surface area contributed by atoms with E-state index >= 15 is 0 Å². The molecule has 1 amide bonds. The molecule has 0 radical (unpaired) electrons. The SMILES string of the molecule is CC[NH+]1CCN(C(=O)Cn2nc(-c3ccc(C)cc3)ccc2=O)CC1. The molecular formula is C19H25N4O2+. The van der Waals surface area contributed by atoms with E-state index in [1.807, 2.05) is 36.1 Å². The lowest BCUT2D eigenvalue weighted by molar-refractivity contribution is -0.902. The second-order valence-electron chi connectivity index (χ2n) is 6.56. The Balaban J connectivity index is 1.74. The molecule has 6 nitrogen and oxygen atoms in total. The minimum absolute atomic E-state index is 0.00000693. The number of carbonyl (C=O) groups excluding carboxylic acids is 1. The quantitative estimate of drug-likeness (QED) is 0.849. The summed E-state index contributed by atoms with van der Waals surface area (Å²) in [5.41, 5.74) is 2.56. The fourth-order valence-corrected chi connectivity index (χ4v) is 3.09. The average Bonchev–Trinajstić information content (AvgIpc) is 2.64. The van der Waals surface area contributed by atoms with Crippen molar-refractivity contribution in [2.45, 2.75) is 20.4 Å². The number of aryl methyl sites for hydroxylation is 1. The summed E-state index contributed by atoms with van der Waals surface area (Å²) in [6, 6.07) is 11.1. The molecule has 1 fully saturated rings. The number of hydrogen-bond donors (Lipinski definition) is 1. The van der Waals surface area contributed by atoms with E-state index in [4.69, 9.17) is 0 Å². The number of likely N-dealkylation sites (N-methyl/N-ethyl adjacent to an activating group) is 1. The monoisotopic (exact) mass is 341 g/mol. The second kappa shape index (κ2) is 7.61. The Morgan fingerprint density at radius 1 is 1.12 bits per heavy atom. The van der Waals surface area contributed by atoms with Gasteiger partial charge in [0.05, 0.1) is 38.4 Å². The molecule has 6 heteroatoms. The Kier molecular flexibility index (Phi) is 5.28. The van der Waals surface area contributed by atoms with Crippen LogP contribution in [0.15, 0.2) is 41.2 Å². The highest BCUT2D eigenvalue weighted by atomic mass is 16.2. The van der Waals surface area contributed by atoms with Crippen LogP contribution in [0.4, 0.5) is 0 Å². The van der Waals surface area contributed by atoms with E-state index in [0.717, 1.165) is 38.3 Å². The molecule has 1 saturated heterocycles. The van der Waals surface area contributed by atoms with Crippen LogP contribution in [0.3, 0.4) is 0 Å². The highest BCUT2D eigenvalue weighted by Gasteiger charge is 2.23. The van der Waals surface area contributed by atoms with Gasteiger partial charge in [0.2, 0.25) is 5.91 Å². The number of aromatic nitrogens is 2. The molecule has 25 heavy (non-hydrogen) atoms. The molecule has 132 valence electrons. The van der Waals surface area contributed by atoms with Crippen molar-refractivity contribution in [2.24, 2.45) is 0 Å². The van der Waals surface area contributed by atoms with Gasteiger partial charge in [-0.25, -0.2) is 4.68 Å². The van der Waals surface area contributed by atoms with Crippen LogP contribution in [0.5, 0.6) is 0 Å². The highest BCUT2D eigenvalue weighted by molar-refractivity contribution is 5.76. The molecule has 1 aliphatic rings. The summed E-state index contributed by atoms with van der Waals surface area (Å²) in [5.74, 6) is -0.0363. The Morgan fingerprint density at radius 2 is 1.80 bits per heavy atom. The summed E-state index contributed by atoms with van der Waals surface area (Å²) in [5, 5.41) is 4.39. The van der Waals surface area contributed by atoms with Crippen molar-refractivity contribution < 1.29 is 9.69 Å². The van der Waals surface area contributed by atoms with Gasteiger partial charge in [-0.3, -0.25) is 9.59 Å². The standard InChI is InChI=1S/C19H24N4O2/c1-3-21-10-12-22(13-11-21)19(25)14-23-18(24)9-8-17(20-23)16-6-4-15(2)5-7-16/h4-9H,3,10-14H2,1-2H3/p+1. The summed E-state index contributed by atoms with van der Waals surface area (Å²) < 4.78 is 1.27. The van der Waals surface area contributed by atoms with Crippen LogP contribution in [0.1, 0.15) is 12.5 Å². The number of nitrogens with zero attached hydrogens (tertiary/aromatic N) is 3. The van der Waals surface area contributed by atoms with E-state index in [9.17, 15) is 9.59 Å². The van der Waals surface area contributed by atoms with Crippen molar-refractivity contribution in [1.82, 2.24) is 14.7 Å². The Labute approximate surface area is 147 Å². The topological polar surface area (TPSA) is 59.6 Å². The van der Waals surface area contributed by atoms with Crippen molar-refractivity contribution in [3.8, 4) is 11.3 Å². The second-order valence-corrected chi connectivity index (χ2v) is 6.56. The molecule has 1 aromatic carbocycles. The van der Waals surface area contributed by atoms with Gasteiger partial charge in [0, 0.05) is 11.6 Å². The molecule has 0 aliphatic carbocycles. The van der Waals surface area contributed by atoms with Crippen molar-refractivity contribution in [2.75, 3.05) is 32.7 Å². The summed E-state index contributed by atoms with van der Waals surface area (Å²) in [4.78, 5) is 28.0. The Hall–Kier alpha value is -2.47. The van der Waals surface area contributed by atoms with E-state index < -0.39 is 0 Å². The number of amides is 1. The first-order valence-corrected chi connectivity index (χ1v) is 8.83. The predicted octanol–water partition coefficient (Wildman–Crippen LogP) is -0.0343. The lowest BCUT2D eigenvalue weighted by Crippen LogP contribution is -3.14. The van der Waals surface area contributed by atoms with Crippen LogP contribution in [-0.4, -0.2) is 53.3 Å². The van der Waals surface area contributed by atoms with Crippen LogP contribution in [0.25, 0.3) is 11.3 Å². The molecule has 0 unspecified atom stereocenters. The maximum absolute atomic E-state index is 12.5. The largest absolute Gasteiger partial charge is 0.332 e. The highest BCUT2D eigenvalue weighted by Crippen LogP contribution is 2.15. The zero-order valence-corrected chi connectivity index (χ0v) is 14.9. The maximum atomic E-state index is 12.5. The minimum Gasteiger partial charge on any atom is -0.332 e. The van der Waals surface area contributed by atoms with E-state index in [0.29, 0.717) is 5.69 Å². The average molecular weight is 341 g/mol. The number of carbonyl (C=O) groups is 1. The lowest BCUT2D eigenvalue weighted by atomic mass is 10.1. The number of rotatable bonds is 4. The van der Waals surface area contributed by atoms with E-state index in [1.165, 1.54) is 21.2 Å². The van der Waals surface area contributed by atoms with Gasteiger partial charge in [0.1, 0.15) is 6.54 Å². The van der Waals surface area contributed by atoms with Crippen LogP contribution >= 0.6 is 0 Å². The predicted molar refractivity (Wildman–Crippen MR) is 96.5 cm³/mol. The van der Waals surface area contributed by atoms with Gasteiger partial charge in [-0.15, -0.1) is 0 Å². The Bertz CT molecular complexity index is 790. The summed E-state index contributed by atoms with van der Waals surface area (Å²) >= 11 is 0. The summed E-state index contributed by atoms with van der Waals surface area (Å²) in [6.07, 6.45) is 0. The zero-order valence-electron chi connectivity index (χ0n) is 14.9. The first kappa shape index (κ1) is 17.4. The van der Waals surface area contributed by atoms with Crippen LogP contribution in [-0.2, 0) is 11.3 Å². The van der Waals surface area contributed by atoms with Crippen LogP contribution < -0.4 is 10.5 Å². The zero-order chi connectivity index (χ0) is 17.8. The number of benzene rings is 1. The van der Waals surface area contributed by atoms with Crippen molar-refractivity contribution in [3.63, 3.8) is 0 Å². The molecule has 0 bridgehead atoms. The molecule has 0 saturated carbocycles. The lowest BCUT2D eigenvalue weighted by Gasteiger charge is -2.31. The molecule has 2 heterocycles. The van der Waals surface area contributed by atoms with Crippen LogP contribution in [0.2, 0.25) is 0 Å². The Morgan fingerprint density at radius 3 is 2.44 bits per heavy atom. The van der Waals surface area contributed by atoms with E-state index in [2.05, 4.69) is 12.0 Å². The van der Waals surface area contributed by atoms with E-state index in [1.54, 1.807) is 6.07 Å². The molecule has 0 atom stereocenters. The van der Waals surface area contributed by atoms with E-state index in [-0.39, 0.29) is 18.0 Å². The fraction of sp³-hybridized carbons (Fsp3) is 0.421. The number of piperazine rings is 1. The smallest absolute Gasteiger partial charge is 0.267 e. The number of hydrogen-bond acceptors (Lipinski definition) is 3. The first-order chi connectivity index (χ1) is 12.1. The first-order valence-electron chi connectivity index (χ1n) is 8.83. The van der Waals surface area contributed by atoms with Gasteiger partial charge in [0.25, 0.3) is 5.56 Å². The normalized spacial score (nSPS) is 15.4. The molecular weight excluding hydrogens is 316 g/mol. The van der Waals surface area contributed by atoms with Gasteiger partial charge in [-0.2, -0.15) is 5.10 Å². The molecule has 1 aromatic heterocycles. The third kappa shape index (κ3) is 4.14. The molecule has 2 aromatic rings.